The fourth-order valence-corrected chi connectivity index (χ4v) is 7.03. The maximum Gasteiger partial charge on any atom is 0.0986 e. The van der Waals surface area contributed by atoms with Crippen molar-refractivity contribution >= 4 is 0 Å². The first-order valence-corrected chi connectivity index (χ1v) is 12.5. The van der Waals surface area contributed by atoms with Gasteiger partial charge < -0.3 is 9.47 Å². The molecule has 0 aromatic heterocycles. The van der Waals surface area contributed by atoms with Gasteiger partial charge in [-0.25, -0.2) is 0 Å². The van der Waals surface area contributed by atoms with E-state index in [0.717, 1.165) is 36.4 Å². The van der Waals surface area contributed by atoms with E-state index in [1.165, 1.54) is 69.8 Å². The summed E-state index contributed by atoms with van der Waals surface area (Å²) in [6.07, 6.45) is 20.4. The molecule has 0 bridgehead atoms. The predicted molar refractivity (Wildman–Crippen MR) is 124 cm³/mol. The lowest BCUT2D eigenvalue weighted by Gasteiger charge is -2.42. The van der Waals surface area contributed by atoms with E-state index in [9.17, 15) is 0 Å². The molecule has 2 heteroatoms. The van der Waals surface area contributed by atoms with Crippen LogP contribution in [-0.2, 0) is 9.47 Å². The van der Waals surface area contributed by atoms with Gasteiger partial charge in [-0.05, 0) is 105 Å². The summed E-state index contributed by atoms with van der Waals surface area (Å²) < 4.78 is 11.6. The quantitative estimate of drug-likeness (QED) is 0.436. The maximum atomic E-state index is 5.91. The molecule has 0 spiro atoms. The first-order chi connectivity index (χ1) is 14.5. The Morgan fingerprint density at radius 2 is 2.07 bits per heavy atom. The minimum atomic E-state index is 0.399. The number of hydrogen-bond donors (Lipinski definition) is 0. The van der Waals surface area contributed by atoms with Gasteiger partial charge in [-0.1, -0.05) is 32.1 Å². The fraction of sp³-hybridized carbons (Fsp3) is 0.750. The Kier molecular flexibility index (Phi) is 6.95. The fourth-order valence-electron chi connectivity index (χ4n) is 7.03. The summed E-state index contributed by atoms with van der Waals surface area (Å²) >= 11 is 0. The van der Waals surface area contributed by atoms with E-state index in [-0.39, 0.29) is 0 Å². The Balaban J connectivity index is 1.41. The monoisotopic (exact) mass is 410 g/mol. The summed E-state index contributed by atoms with van der Waals surface area (Å²) in [7, 11) is 1.85. The van der Waals surface area contributed by atoms with Crippen LogP contribution in [0.25, 0.3) is 0 Å². The molecule has 4 aliphatic rings. The van der Waals surface area contributed by atoms with Crippen molar-refractivity contribution < 1.29 is 9.47 Å². The number of rotatable bonds is 5. The normalized spacial score (nSPS) is 40.2. The SMILES string of the molecule is C=C1CCC(CCC2CCC3C(=C=C/C=C4/CC(C)CC(OC)C4)CCCC23C)O1. The predicted octanol–water partition coefficient (Wildman–Crippen LogP) is 7.52. The topological polar surface area (TPSA) is 18.5 Å². The number of ether oxygens (including phenoxy) is 2. The van der Waals surface area contributed by atoms with Crippen molar-refractivity contribution in [1.29, 1.82) is 0 Å². The highest BCUT2D eigenvalue weighted by atomic mass is 16.5. The van der Waals surface area contributed by atoms with E-state index >= 15 is 0 Å². The molecule has 3 aliphatic carbocycles. The lowest BCUT2D eigenvalue weighted by Crippen LogP contribution is -2.33. The van der Waals surface area contributed by atoms with Crippen molar-refractivity contribution in [1.82, 2.24) is 0 Å². The molecule has 6 unspecified atom stereocenters. The molecule has 0 radical (unpaired) electrons. The van der Waals surface area contributed by atoms with Crippen LogP contribution in [0.4, 0.5) is 0 Å². The van der Waals surface area contributed by atoms with Gasteiger partial charge in [-0.2, -0.15) is 0 Å². The molecule has 3 saturated carbocycles. The van der Waals surface area contributed by atoms with Crippen molar-refractivity contribution in [2.75, 3.05) is 7.11 Å². The molecule has 30 heavy (non-hydrogen) atoms. The second-order valence-electron chi connectivity index (χ2n) is 10.8. The summed E-state index contributed by atoms with van der Waals surface area (Å²) in [5.41, 5.74) is 7.38. The summed E-state index contributed by atoms with van der Waals surface area (Å²) in [6, 6.07) is 0. The van der Waals surface area contributed by atoms with Crippen molar-refractivity contribution in [2.24, 2.45) is 23.2 Å². The van der Waals surface area contributed by atoms with E-state index < -0.39 is 0 Å². The zero-order valence-corrected chi connectivity index (χ0v) is 19.6. The third-order valence-electron chi connectivity index (χ3n) is 8.72. The standard InChI is InChI=1S/C28H42O2/c1-20-17-22(19-26(18-20)29-4)7-5-8-23-9-6-16-28(3)24(12-15-27(23)28)11-14-25-13-10-21(2)30-25/h5,7,20,24-27H,2,6,9-19H2,1,3-4H3/b22-7-. The van der Waals surface area contributed by atoms with Gasteiger partial charge in [0.2, 0.25) is 0 Å². The lowest BCUT2D eigenvalue weighted by molar-refractivity contribution is 0.0703. The summed E-state index contributed by atoms with van der Waals surface area (Å²) in [6.45, 7) is 8.92. The van der Waals surface area contributed by atoms with Crippen LogP contribution >= 0.6 is 0 Å². The van der Waals surface area contributed by atoms with Gasteiger partial charge >= 0.3 is 0 Å². The average molecular weight is 411 g/mol. The molecule has 2 nitrogen and oxygen atoms in total. The highest BCUT2D eigenvalue weighted by Crippen LogP contribution is 2.58. The summed E-state index contributed by atoms with van der Waals surface area (Å²) in [5.74, 6) is 3.31. The minimum Gasteiger partial charge on any atom is -0.495 e. The third-order valence-corrected chi connectivity index (χ3v) is 8.72. The van der Waals surface area contributed by atoms with E-state index in [1.807, 2.05) is 7.11 Å². The van der Waals surface area contributed by atoms with Gasteiger partial charge in [0.15, 0.2) is 0 Å². The third kappa shape index (κ3) is 4.81. The molecule has 0 N–H and O–H groups in total. The molecule has 1 aliphatic heterocycles. The van der Waals surface area contributed by atoms with Crippen LogP contribution in [0.15, 0.2) is 41.4 Å². The van der Waals surface area contributed by atoms with Crippen molar-refractivity contribution in [3.8, 4) is 0 Å². The molecule has 1 saturated heterocycles. The number of fused-ring (bicyclic) bond motifs is 1. The highest BCUT2D eigenvalue weighted by Gasteiger charge is 2.49. The first kappa shape index (κ1) is 22.0. The van der Waals surface area contributed by atoms with Crippen LogP contribution in [0.5, 0.6) is 0 Å². The van der Waals surface area contributed by atoms with Crippen LogP contribution in [0.3, 0.4) is 0 Å². The summed E-state index contributed by atoms with van der Waals surface area (Å²) in [4.78, 5) is 0. The average Bonchev–Trinajstić information content (AvgIpc) is 3.28. The van der Waals surface area contributed by atoms with E-state index in [1.54, 1.807) is 5.57 Å². The number of allylic oxidation sites excluding steroid dienone is 3. The maximum absolute atomic E-state index is 5.91. The molecular formula is C28H42O2. The second-order valence-corrected chi connectivity index (χ2v) is 10.8. The molecule has 0 aromatic carbocycles. The van der Waals surface area contributed by atoms with Crippen LogP contribution < -0.4 is 0 Å². The molecule has 4 fully saturated rings. The van der Waals surface area contributed by atoms with Crippen LogP contribution in [0.2, 0.25) is 0 Å². The van der Waals surface area contributed by atoms with Gasteiger partial charge in [0.25, 0.3) is 0 Å². The van der Waals surface area contributed by atoms with Crippen molar-refractivity contribution in [3.63, 3.8) is 0 Å². The van der Waals surface area contributed by atoms with Gasteiger partial charge in [-0.3, -0.25) is 0 Å². The van der Waals surface area contributed by atoms with E-state index in [0.29, 0.717) is 17.6 Å². The zero-order chi connectivity index (χ0) is 21.1. The molecule has 0 amide bonds. The lowest BCUT2D eigenvalue weighted by atomic mass is 9.63. The Bertz CT molecular complexity index is 725. The van der Waals surface area contributed by atoms with Crippen molar-refractivity contribution in [3.05, 3.63) is 41.4 Å². The molecule has 1 heterocycles. The molecular weight excluding hydrogens is 368 g/mol. The number of hydrogen-bond acceptors (Lipinski definition) is 2. The molecule has 6 atom stereocenters. The second kappa shape index (κ2) is 9.49. The van der Waals surface area contributed by atoms with Crippen molar-refractivity contribution in [2.45, 2.75) is 103 Å². The molecule has 0 aromatic rings. The van der Waals surface area contributed by atoms with E-state index in [2.05, 4.69) is 38.3 Å². The molecule has 4 rings (SSSR count). The van der Waals surface area contributed by atoms with Crippen LogP contribution in [-0.4, -0.2) is 19.3 Å². The smallest absolute Gasteiger partial charge is 0.0986 e. The van der Waals surface area contributed by atoms with E-state index in [4.69, 9.17) is 9.47 Å². The van der Waals surface area contributed by atoms with Gasteiger partial charge in [-0.15, -0.1) is 5.73 Å². The van der Waals surface area contributed by atoms with Gasteiger partial charge in [0, 0.05) is 13.5 Å². The summed E-state index contributed by atoms with van der Waals surface area (Å²) in [5, 5.41) is 0. The Morgan fingerprint density at radius 1 is 1.20 bits per heavy atom. The molecule has 166 valence electrons. The zero-order valence-electron chi connectivity index (χ0n) is 19.6. The van der Waals surface area contributed by atoms with Gasteiger partial charge in [0.05, 0.1) is 18.0 Å². The first-order valence-electron chi connectivity index (χ1n) is 12.5. The Labute approximate surface area is 184 Å². The number of methoxy groups -OCH3 is 1. The Morgan fingerprint density at radius 3 is 2.83 bits per heavy atom. The highest BCUT2D eigenvalue weighted by molar-refractivity contribution is 5.22. The van der Waals surface area contributed by atoms with Crippen LogP contribution in [0.1, 0.15) is 90.9 Å². The largest absolute Gasteiger partial charge is 0.495 e. The van der Waals surface area contributed by atoms with Crippen LogP contribution in [0, 0.1) is 23.2 Å². The minimum absolute atomic E-state index is 0.399. The van der Waals surface area contributed by atoms with Gasteiger partial charge in [0.1, 0.15) is 0 Å². The Hall–Kier alpha value is -1.24.